The third kappa shape index (κ3) is 6.83. The number of aliphatic imine (C=N–C) groups is 1. The molecule has 1 saturated heterocycles. The van der Waals surface area contributed by atoms with E-state index in [1.807, 2.05) is 0 Å². The van der Waals surface area contributed by atoms with Crippen molar-refractivity contribution in [2.75, 3.05) is 38.6 Å². The minimum atomic E-state index is 0. The molecule has 2 aliphatic rings. The Morgan fingerprint density at radius 2 is 1.75 bits per heavy atom. The van der Waals surface area contributed by atoms with Gasteiger partial charge in [-0.3, -0.25) is 4.79 Å². The minimum absolute atomic E-state index is 0. The lowest BCUT2D eigenvalue weighted by atomic mass is 9.96. The van der Waals surface area contributed by atoms with Gasteiger partial charge in [0.05, 0.1) is 0 Å². The Balaban J connectivity index is 0.00000280. The number of guanidine groups is 1. The Labute approximate surface area is 186 Å². The van der Waals surface area contributed by atoms with Crippen molar-refractivity contribution in [3.63, 3.8) is 0 Å². The van der Waals surface area contributed by atoms with Crippen LogP contribution in [0.4, 0.5) is 5.69 Å². The van der Waals surface area contributed by atoms with Gasteiger partial charge in [0.1, 0.15) is 6.54 Å². The average Bonchev–Trinajstić information content (AvgIpc) is 3.16. The maximum Gasteiger partial charge on any atom is 0.243 e. The van der Waals surface area contributed by atoms with E-state index in [0.717, 1.165) is 25.5 Å². The molecule has 0 aromatic heterocycles. The highest BCUT2D eigenvalue weighted by atomic mass is 127. The number of amides is 1. The molecule has 0 bridgehead atoms. The van der Waals surface area contributed by atoms with Gasteiger partial charge >= 0.3 is 0 Å². The van der Waals surface area contributed by atoms with Gasteiger partial charge in [-0.05, 0) is 31.4 Å². The van der Waals surface area contributed by atoms with Crippen molar-refractivity contribution < 1.29 is 4.79 Å². The number of nitrogens with zero attached hydrogens (tertiary/aromatic N) is 3. The predicted molar refractivity (Wildman–Crippen MR) is 127 cm³/mol. The van der Waals surface area contributed by atoms with Crippen molar-refractivity contribution >= 4 is 41.5 Å². The summed E-state index contributed by atoms with van der Waals surface area (Å²) in [5.41, 5.74) is 1.27. The van der Waals surface area contributed by atoms with Crippen LogP contribution in [-0.4, -0.2) is 62.6 Å². The van der Waals surface area contributed by atoms with Crippen molar-refractivity contribution in [2.24, 2.45) is 4.99 Å². The van der Waals surface area contributed by atoms with Crippen molar-refractivity contribution in [3.05, 3.63) is 30.3 Å². The summed E-state index contributed by atoms with van der Waals surface area (Å²) in [6, 6.07) is 11.3. The van der Waals surface area contributed by atoms with Gasteiger partial charge in [-0.15, -0.1) is 24.0 Å². The summed E-state index contributed by atoms with van der Waals surface area (Å²) in [4.78, 5) is 20.5. The zero-order valence-electron chi connectivity index (χ0n) is 17.1. The minimum Gasteiger partial charge on any atom is -0.369 e. The summed E-state index contributed by atoms with van der Waals surface area (Å²) in [5, 5.41) is 7.17. The number of benzene rings is 1. The number of halogens is 1. The van der Waals surface area contributed by atoms with E-state index in [1.165, 1.54) is 37.8 Å². The number of likely N-dealkylation sites (N-methyl/N-ethyl adjacent to an activating group) is 1. The summed E-state index contributed by atoms with van der Waals surface area (Å²) in [5.74, 6) is 0.814. The first-order valence-corrected chi connectivity index (χ1v) is 10.2. The molecule has 7 heteroatoms. The van der Waals surface area contributed by atoms with Gasteiger partial charge in [0, 0.05) is 45.0 Å². The van der Waals surface area contributed by atoms with Crippen LogP contribution in [-0.2, 0) is 4.79 Å². The van der Waals surface area contributed by atoms with E-state index in [2.05, 4.69) is 50.9 Å². The van der Waals surface area contributed by atoms with E-state index in [9.17, 15) is 4.79 Å². The van der Waals surface area contributed by atoms with Gasteiger partial charge in [0.2, 0.25) is 5.91 Å². The van der Waals surface area contributed by atoms with Crippen LogP contribution in [0.15, 0.2) is 35.3 Å². The second-order valence-electron chi connectivity index (χ2n) is 7.84. The summed E-state index contributed by atoms with van der Waals surface area (Å²) in [6.07, 6.45) is 7.31. The van der Waals surface area contributed by atoms with Crippen molar-refractivity contribution in [1.82, 2.24) is 15.5 Å². The van der Waals surface area contributed by atoms with Crippen molar-refractivity contribution in [3.8, 4) is 0 Å². The zero-order valence-corrected chi connectivity index (χ0v) is 19.4. The molecule has 1 amide bonds. The van der Waals surface area contributed by atoms with Crippen molar-refractivity contribution in [2.45, 2.75) is 50.6 Å². The number of hydrogen-bond acceptors (Lipinski definition) is 3. The average molecular weight is 499 g/mol. The second-order valence-corrected chi connectivity index (χ2v) is 7.84. The van der Waals surface area contributed by atoms with Crippen LogP contribution in [0.25, 0.3) is 0 Å². The lowest BCUT2D eigenvalue weighted by molar-refractivity contribution is -0.127. The van der Waals surface area contributed by atoms with Gasteiger partial charge in [-0.2, -0.15) is 0 Å². The smallest absolute Gasteiger partial charge is 0.243 e. The number of nitrogens with one attached hydrogen (secondary N) is 2. The highest BCUT2D eigenvalue weighted by Gasteiger charge is 2.24. The molecule has 2 fully saturated rings. The highest BCUT2D eigenvalue weighted by molar-refractivity contribution is 14.0. The Hall–Kier alpha value is -1.51. The van der Waals surface area contributed by atoms with E-state index in [1.54, 1.807) is 19.0 Å². The van der Waals surface area contributed by atoms with E-state index in [0.29, 0.717) is 12.1 Å². The van der Waals surface area contributed by atoms with Gasteiger partial charge in [0.25, 0.3) is 0 Å². The van der Waals surface area contributed by atoms with E-state index < -0.39 is 0 Å². The molecule has 1 unspecified atom stereocenters. The topological polar surface area (TPSA) is 60.0 Å². The molecule has 0 radical (unpaired) electrons. The molecule has 156 valence electrons. The quantitative estimate of drug-likeness (QED) is 0.372. The summed E-state index contributed by atoms with van der Waals surface area (Å²) >= 11 is 0. The first kappa shape index (κ1) is 22.8. The standard InChI is InChI=1S/C21H33N5O.HI/c1-25(2)20(27)15-22-21(23-17-9-5-3-6-10-17)24-18-13-14-26(16-18)19-11-7-4-8-12-19;/h4,7-8,11-12,17-18H,3,5-6,9-10,13-16H2,1-2H3,(H2,22,23,24);1H. The van der Waals surface area contributed by atoms with Gasteiger partial charge in [-0.1, -0.05) is 37.5 Å². The molecule has 6 nitrogen and oxygen atoms in total. The number of carbonyl (C=O) groups excluding carboxylic acids is 1. The van der Waals surface area contributed by atoms with Crippen molar-refractivity contribution in [1.29, 1.82) is 0 Å². The van der Waals surface area contributed by atoms with E-state index >= 15 is 0 Å². The summed E-state index contributed by atoms with van der Waals surface area (Å²) in [7, 11) is 3.54. The SMILES string of the molecule is CN(C)C(=O)CN=C(NC1CCCCC1)NC1CCN(c2ccccc2)C1.I. The third-order valence-electron chi connectivity index (χ3n) is 5.47. The fraction of sp³-hybridized carbons (Fsp3) is 0.619. The molecule has 1 aliphatic heterocycles. The molecule has 1 atom stereocenters. The van der Waals surface area contributed by atoms with Crippen LogP contribution in [0.2, 0.25) is 0 Å². The first-order valence-electron chi connectivity index (χ1n) is 10.2. The van der Waals surface area contributed by atoms with Crippen LogP contribution in [0.1, 0.15) is 38.5 Å². The van der Waals surface area contributed by atoms with E-state index in [4.69, 9.17) is 0 Å². The summed E-state index contributed by atoms with van der Waals surface area (Å²) < 4.78 is 0. The Morgan fingerprint density at radius 1 is 1.07 bits per heavy atom. The van der Waals surface area contributed by atoms with Gasteiger partial charge in [0.15, 0.2) is 5.96 Å². The van der Waals surface area contributed by atoms with Gasteiger partial charge in [-0.25, -0.2) is 4.99 Å². The molecule has 28 heavy (non-hydrogen) atoms. The highest BCUT2D eigenvalue weighted by Crippen LogP contribution is 2.20. The number of hydrogen-bond donors (Lipinski definition) is 2. The second kappa shape index (κ2) is 11.5. The number of anilines is 1. The number of carbonyl (C=O) groups is 1. The molecule has 1 aromatic carbocycles. The molecule has 2 N–H and O–H groups in total. The normalized spacial score (nSPS) is 20.4. The Morgan fingerprint density at radius 3 is 2.43 bits per heavy atom. The van der Waals surface area contributed by atoms with E-state index in [-0.39, 0.29) is 36.4 Å². The van der Waals surface area contributed by atoms with Crippen LogP contribution in [0.5, 0.6) is 0 Å². The monoisotopic (exact) mass is 499 g/mol. The maximum absolute atomic E-state index is 12.0. The molecular formula is C21H34IN5O. The van der Waals surface area contributed by atoms with Gasteiger partial charge < -0.3 is 20.4 Å². The Bertz CT molecular complexity index is 631. The molecule has 1 aromatic rings. The fourth-order valence-corrected chi connectivity index (χ4v) is 3.81. The fourth-order valence-electron chi connectivity index (χ4n) is 3.81. The Kier molecular flexibility index (Phi) is 9.34. The maximum atomic E-state index is 12.0. The van der Waals surface area contributed by atoms with Crippen LogP contribution >= 0.6 is 24.0 Å². The molecule has 1 saturated carbocycles. The number of para-hydroxylation sites is 1. The lowest BCUT2D eigenvalue weighted by Gasteiger charge is -2.27. The largest absolute Gasteiger partial charge is 0.369 e. The summed E-state index contributed by atoms with van der Waals surface area (Å²) in [6.45, 7) is 2.18. The lowest BCUT2D eigenvalue weighted by Crippen LogP contribution is -2.49. The van der Waals surface area contributed by atoms with Crippen LogP contribution < -0.4 is 15.5 Å². The van der Waals surface area contributed by atoms with Crippen LogP contribution in [0.3, 0.4) is 0 Å². The molecular weight excluding hydrogens is 465 g/mol. The molecule has 3 rings (SSSR count). The van der Waals surface area contributed by atoms with Crippen LogP contribution in [0, 0.1) is 0 Å². The molecule has 1 aliphatic carbocycles. The first-order chi connectivity index (χ1) is 13.1. The zero-order chi connectivity index (χ0) is 19.1. The number of rotatable bonds is 5. The third-order valence-corrected chi connectivity index (χ3v) is 5.47. The molecule has 1 heterocycles. The predicted octanol–water partition coefficient (Wildman–Crippen LogP) is 2.84. The molecule has 0 spiro atoms.